The molecule has 21 heavy (non-hydrogen) atoms. The molecule has 1 aliphatic rings. The highest BCUT2D eigenvalue weighted by Crippen LogP contribution is 2.21. The number of benzene rings is 1. The average Bonchev–Trinajstić information content (AvgIpc) is 2.48. The van der Waals surface area contributed by atoms with E-state index in [-0.39, 0.29) is 11.8 Å². The van der Waals surface area contributed by atoms with Gasteiger partial charge in [-0.15, -0.1) is 0 Å². The van der Waals surface area contributed by atoms with E-state index < -0.39 is 5.97 Å². The first-order chi connectivity index (χ1) is 10.1. The van der Waals surface area contributed by atoms with Gasteiger partial charge in [0.1, 0.15) is 0 Å². The number of nitrogens with one attached hydrogen (secondary N) is 1. The molecule has 0 aromatic heterocycles. The van der Waals surface area contributed by atoms with Crippen LogP contribution < -0.4 is 5.32 Å². The first-order valence-electron chi connectivity index (χ1n) is 6.96. The van der Waals surface area contributed by atoms with E-state index in [2.05, 4.69) is 5.32 Å². The zero-order valence-corrected chi connectivity index (χ0v) is 12.0. The molecule has 0 unspecified atom stereocenters. The summed E-state index contributed by atoms with van der Waals surface area (Å²) >= 11 is 0. The van der Waals surface area contributed by atoms with E-state index in [1.165, 1.54) is 6.08 Å². The van der Waals surface area contributed by atoms with Crippen LogP contribution in [0.4, 0.5) is 5.69 Å². The molecule has 0 saturated carbocycles. The molecule has 1 heterocycles. The molecular formula is C16H19NO4. The molecule has 2 rings (SSSR count). The van der Waals surface area contributed by atoms with Crippen LogP contribution in [0.5, 0.6) is 0 Å². The quantitative estimate of drug-likeness (QED) is 0.835. The second kappa shape index (κ2) is 7.04. The van der Waals surface area contributed by atoms with Crippen molar-refractivity contribution < 1.29 is 19.4 Å². The normalized spacial score (nSPS) is 16.0. The third-order valence-corrected chi connectivity index (χ3v) is 3.53. The molecule has 5 nitrogen and oxygen atoms in total. The van der Waals surface area contributed by atoms with Crippen molar-refractivity contribution in [1.29, 1.82) is 0 Å². The maximum Gasteiger partial charge on any atom is 0.328 e. The van der Waals surface area contributed by atoms with Gasteiger partial charge in [-0.25, -0.2) is 4.79 Å². The molecule has 1 aromatic carbocycles. The Labute approximate surface area is 123 Å². The van der Waals surface area contributed by atoms with Crippen LogP contribution in [0, 0.1) is 12.8 Å². The monoisotopic (exact) mass is 289 g/mol. The Morgan fingerprint density at radius 2 is 2.05 bits per heavy atom. The summed E-state index contributed by atoms with van der Waals surface area (Å²) in [4.78, 5) is 22.8. The minimum atomic E-state index is -0.997. The molecule has 0 bridgehead atoms. The summed E-state index contributed by atoms with van der Waals surface area (Å²) in [5.74, 6) is -1.01. The number of ether oxygens (including phenoxy) is 1. The van der Waals surface area contributed by atoms with Crippen LogP contribution in [0.25, 0.3) is 6.08 Å². The van der Waals surface area contributed by atoms with Crippen molar-refractivity contribution >= 4 is 23.6 Å². The summed E-state index contributed by atoms with van der Waals surface area (Å²) in [6.45, 7) is 3.15. The van der Waals surface area contributed by atoms with Gasteiger partial charge in [-0.3, -0.25) is 4.79 Å². The van der Waals surface area contributed by atoms with Crippen molar-refractivity contribution in [2.75, 3.05) is 18.5 Å². The van der Waals surface area contributed by atoms with Crippen molar-refractivity contribution in [3.8, 4) is 0 Å². The molecule has 1 saturated heterocycles. The number of anilines is 1. The van der Waals surface area contributed by atoms with E-state index in [0.29, 0.717) is 13.2 Å². The Morgan fingerprint density at radius 1 is 1.33 bits per heavy atom. The van der Waals surface area contributed by atoms with Crippen LogP contribution in [-0.2, 0) is 14.3 Å². The fraction of sp³-hybridized carbons (Fsp3) is 0.375. The second-order valence-electron chi connectivity index (χ2n) is 5.12. The van der Waals surface area contributed by atoms with Gasteiger partial charge in [-0.05, 0) is 43.0 Å². The van der Waals surface area contributed by atoms with Crippen LogP contribution in [-0.4, -0.2) is 30.2 Å². The highest BCUT2D eigenvalue weighted by molar-refractivity contribution is 5.94. The van der Waals surface area contributed by atoms with E-state index in [1.54, 1.807) is 6.07 Å². The first kappa shape index (κ1) is 15.3. The lowest BCUT2D eigenvalue weighted by Crippen LogP contribution is -2.28. The number of hydrogen-bond donors (Lipinski definition) is 2. The fourth-order valence-electron chi connectivity index (χ4n) is 2.24. The Balaban J connectivity index is 2.09. The van der Waals surface area contributed by atoms with Gasteiger partial charge in [0.2, 0.25) is 5.91 Å². The number of carbonyl (C=O) groups excluding carboxylic acids is 1. The summed E-state index contributed by atoms with van der Waals surface area (Å²) in [6, 6.07) is 5.46. The molecule has 1 aromatic rings. The highest BCUT2D eigenvalue weighted by Gasteiger charge is 2.21. The van der Waals surface area contributed by atoms with Gasteiger partial charge in [0.05, 0.1) is 0 Å². The summed E-state index contributed by atoms with van der Waals surface area (Å²) in [5, 5.41) is 11.6. The lowest BCUT2D eigenvalue weighted by Gasteiger charge is -2.21. The maximum atomic E-state index is 12.2. The van der Waals surface area contributed by atoms with Gasteiger partial charge < -0.3 is 15.2 Å². The largest absolute Gasteiger partial charge is 0.478 e. The summed E-state index contributed by atoms with van der Waals surface area (Å²) in [6.07, 6.45) is 4.06. The van der Waals surface area contributed by atoms with Gasteiger partial charge in [0.25, 0.3) is 0 Å². The number of carboxylic acids is 1. The van der Waals surface area contributed by atoms with Crippen LogP contribution in [0.3, 0.4) is 0 Å². The van der Waals surface area contributed by atoms with E-state index >= 15 is 0 Å². The van der Waals surface area contributed by atoms with Gasteiger partial charge in [0.15, 0.2) is 0 Å². The Bertz CT molecular complexity index is 559. The number of rotatable bonds is 4. The highest BCUT2D eigenvalue weighted by atomic mass is 16.5. The molecular weight excluding hydrogens is 270 g/mol. The van der Waals surface area contributed by atoms with Crippen molar-refractivity contribution in [2.45, 2.75) is 19.8 Å². The van der Waals surface area contributed by atoms with E-state index in [1.807, 2.05) is 19.1 Å². The lowest BCUT2D eigenvalue weighted by molar-refractivity contribution is -0.131. The Hall–Kier alpha value is -2.14. The number of aryl methyl sites for hydroxylation is 1. The summed E-state index contributed by atoms with van der Waals surface area (Å²) in [5.41, 5.74) is 2.41. The van der Waals surface area contributed by atoms with E-state index in [4.69, 9.17) is 9.84 Å². The zero-order valence-electron chi connectivity index (χ0n) is 12.0. The fourth-order valence-corrected chi connectivity index (χ4v) is 2.24. The number of carbonyl (C=O) groups is 2. The standard InChI is InChI=1S/C16H19NO4/c1-11-2-3-12(4-5-15(18)19)10-14(11)17-16(20)13-6-8-21-9-7-13/h2-5,10,13H,6-9H2,1H3,(H,17,20)(H,18,19). The molecule has 1 fully saturated rings. The minimum absolute atomic E-state index is 0.000708. The molecule has 1 amide bonds. The predicted molar refractivity (Wildman–Crippen MR) is 80.0 cm³/mol. The SMILES string of the molecule is Cc1ccc(C=CC(=O)O)cc1NC(=O)C1CCOCC1. The average molecular weight is 289 g/mol. The molecule has 0 atom stereocenters. The topological polar surface area (TPSA) is 75.6 Å². The van der Waals surface area contributed by atoms with Crippen molar-refractivity contribution in [3.63, 3.8) is 0 Å². The van der Waals surface area contributed by atoms with Crippen LogP contribution in [0.15, 0.2) is 24.3 Å². The lowest BCUT2D eigenvalue weighted by atomic mass is 9.99. The van der Waals surface area contributed by atoms with Crippen LogP contribution in [0.1, 0.15) is 24.0 Å². The second-order valence-corrected chi connectivity index (χ2v) is 5.12. The molecule has 2 N–H and O–H groups in total. The van der Waals surface area contributed by atoms with Gasteiger partial charge in [-0.1, -0.05) is 12.1 Å². The zero-order chi connectivity index (χ0) is 15.2. The van der Waals surface area contributed by atoms with E-state index in [0.717, 1.165) is 35.7 Å². The molecule has 0 radical (unpaired) electrons. The Kier molecular flexibility index (Phi) is 5.11. The van der Waals surface area contributed by atoms with Gasteiger partial charge in [0, 0.05) is 30.9 Å². The molecule has 112 valence electrons. The van der Waals surface area contributed by atoms with E-state index in [9.17, 15) is 9.59 Å². The van der Waals surface area contributed by atoms with Crippen molar-refractivity contribution in [3.05, 3.63) is 35.4 Å². The number of carboxylic acid groups (broad SMARTS) is 1. The molecule has 0 spiro atoms. The predicted octanol–water partition coefficient (Wildman–Crippen LogP) is 2.46. The smallest absolute Gasteiger partial charge is 0.328 e. The van der Waals surface area contributed by atoms with Gasteiger partial charge >= 0.3 is 5.97 Å². The maximum absolute atomic E-state index is 12.2. The number of amides is 1. The number of hydrogen-bond acceptors (Lipinski definition) is 3. The third kappa shape index (κ3) is 4.43. The number of aliphatic carboxylic acids is 1. The van der Waals surface area contributed by atoms with Crippen LogP contribution >= 0.6 is 0 Å². The molecule has 0 aliphatic carbocycles. The molecule has 5 heteroatoms. The van der Waals surface area contributed by atoms with Gasteiger partial charge in [-0.2, -0.15) is 0 Å². The summed E-state index contributed by atoms with van der Waals surface area (Å²) < 4.78 is 5.25. The van der Waals surface area contributed by atoms with Crippen molar-refractivity contribution in [2.24, 2.45) is 5.92 Å². The molecule has 1 aliphatic heterocycles. The minimum Gasteiger partial charge on any atom is -0.478 e. The third-order valence-electron chi connectivity index (χ3n) is 3.53. The first-order valence-corrected chi connectivity index (χ1v) is 6.96. The Morgan fingerprint density at radius 3 is 2.71 bits per heavy atom. The van der Waals surface area contributed by atoms with Crippen molar-refractivity contribution in [1.82, 2.24) is 0 Å². The summed E-state index contributed by atoms with van der Waals surface area (Å²) in [7, 11) is 0. The van der Waals surface area contributed by atoms with Crippen LogP contribution in [0.2, 0.25) is 0 Å².